The van der Waals surface area contributed by atoms with Crippen molar-refractivity contribution in [1.82, 2.24) is 9.55 Å². The number of aromatic nitrogens is 2. The molecule has 0 bridgehead atoms. The Kier molecular flexibility index (Phi) is 6.50. The first-order chi connectivity index (χ1) is 15.5. The van der Waals surface area contributed by atoms with Crippen molar-refractivity contribution < 1.29 is 9.47 Å². The highest BCUT2D eigenvalue weighted by Crippen LogP contribution is 2.33. The van der Waals surface area contributed by atoms with E-state index in [1.54, 1.807) is 14.2 Å². The van der Waals surface area contributed by atoms with E-state index in [0.29, 0.717) is 23.0 Å². The van der Waals surface area contributed by atoms with E-state index >= 15 is 0 Å². The quantitative estimate of drug-likeness (QED) is 0.333. The van der Waals surface area contributed by atoms with E-state index in [9.17, 15) is 0 Å². The SMILES string of the molecule is [C]c1ccccc1-c1ccc(Cn2c(CCC(C)C)nc3cc(OC)c(OC)cc32)cc1. The van der Waals surface area contributed by atoms with E-state index in [2.05, 4.69) is 42.7 Å². The Bertz CT molecular complexity index is 1210. The lowest BCUT2D eigenvalue weighted by Crippen LogP contribution is -2.07. The second-order valence-corrected chi connectivity index (χ2v) is 8.49. The largest absolute Gasteiger partial charge is 0.493 e. The van der Waals surface area contributed by atoms with Gasteiger partial charge in [-0.3, -0.25) is 0 Å². The molecule has 4 heteroatoms. The smallest absolute Gasteiger partial charge is 0.163 e. The van der Waals surface area contributed by atoms with Crippen molar-refractivity contribution >= 4 is 11.0 Å². The van der Waals surface area contributed by atoms with E-state index in [1.807, 2.05) is 36.4 Å². The van der Waals surface area contributed by atoms with E-state index in [-0.39, 0.29) is 0 Å². The summed E-state index contributed by atoms with van der Waals surface area (Å²) in [5.74, 6) is 3.08. The zero-order chi connectivity index (χ0) is 22.7. The van der Waals surface area contributed by atoms with Crippen molar-refractivity contribution in [2.24, 2.45) is 5.92 Å². The Balaban J connectivity index is 1.71. The van der Waals surface area contributed by atoms with Crippen LogP contribution in [0.4, 0.5) is 0 Å². The molecule has 3 radical (unpaired) electrons. The second kappa shape index (κ2) is 9.47. The molecule has 0 aliphatic rings. The second-order valence-electron chi connectivity index (χ2n) is 8.49. The van der Waals surface area contributed by atoms with Crippen molar-refractivity contribution in [3.05, 3.63) is 84.5 Å². The topological polar surface area (TPSA) is 36.3 Å². The molecule has 0 saturated carbocycles. The van der Waals surface area contributed by atoms with Gasteiger partial charge in [0.1, 0.15) is 5.82 Å². The maximum absolute atomic E-state index is 8.16. The maximum atomic E-state index is 8.16. The summed E-state index contributed by atoms with van der Waals surface area (Å²) < 4.78 is 13.3. The summed E-state index contributed by atoms with van der Waals surface area (Å²) in [4.78, 5) is 4.94. The minimum atomic E-state index is 0.540. The van der Waals surface area contributed by atoms with Gasteiger partial charge in [0.2, 0.25) is 0 Å². The average molecular weight is 426 g/mol. The first-order valence-electron chi connectivity index (χ1n) is 11.0. The van der Waals surface area contributed by atoms with E-state index in [1.165, 1.54) is 5.56 Å². The van der Waals surface area contributed by atoms with Crippen LogP contribution in [-0.4, -0.2) is 23.8 Å². The van der Waals surface area contributed by atoms with Crippen molar-refractivity contribution in [3.63, 3.8) is 0 Å². The van der Waals surface area contributed by atoms with Gasteiger partial charge >= 0.3 is 0 Å². The molecule has 0 aliphatic heterocycles. The molecule has 163 valence electrons. The molecule has 0 N–H and O–H groups in total. The zero-order valence-electron chi connectivity index (χ0n) is 19.2. The maximum Gasteiger partial charge on any atom is 0.163 e. The number of hydrogen-bond donors (Lipinski definition) is 0. The number of rotatable bonds is 8. The van der Waals surface area contributed by atoms with Gasteiger partial charge in [-0.1, -0.05) is 62.4 Å². The van der Waals surface area contributed by atoms with E-state index < -0.39 is 0 Å². The predicted octanol–water partition coefficient (Wildman–Crippen LogP) is 6.29. The fraction of sp³-hybridized carbons (Fsp3) is 0.286. The molecule has 0 unspecified atom stereocenters. The first kappa shape index (κ1) is 21.9. The number of fused-ring (bicyclic) bond motifs is 1. The molecular formula is C28H29N2O2. The zero-order valence-corrected chi connectivity index (χ0v) is 19.2. The van der Waals surface area contributed by atoms with Crippen molar-refractivity contribution in [1.29, 1.82) is 0 Å². The lowest BCUT2D eigenvalue weighted by molar-refractivity contribution is 0.355. The number of ether oxygens (including phenoxy) is 2. The molecule has 3 aromatic carbocycles. The molecule has 32 heavy (non-hydrogen) atoms. The van der Waals surface area contributed by atoms with Crippen LogP contribution in [0.2, 0.25) is 0 Å². The van der Waals surface area contributed by atoms with Gasteiger partial charge in [0.15, 0.2) is 11.5 Å². The molecule has 0 amide bonds. The lowest BCUT2D eigenvalue weighted by atomic mass is 9.99. The normalized spacial score (nSPS) is 11.3. The summed E-state index contributed by atoms with van der Waals surface area (Å²) in [7, 11) is 3.31. The third-order valence-corrected chi connectivity index (χ3v) is 5.81. The average Bonchev–Trinajstić information content (AvgIpc) is 3.13. The van der Waals surface area contributed by atoms with Crippen LogP contribution in [-0.2, 0) is 13.0 Å². The molecule has 4 rings (SSSR count). The molecule has 4 aromatic rings. The standard InChI is InChI=1S/C28H29N2O2/c1-19(2)10-15-28-29-24-16-26(31-4)27(32-5)17-25(24)30(28)18-21-11-13-22(14-12-21)23-9-7-6-8-20(23)3/h6-9,11-14,16-17,19H,10,15,18H2,1-2,4-5H3. The fourth-order valence-corrected chi connectivity index (χ4v) is 3.99. The van der Waals surface area contributed by atoms with Crippen molar-refractivity contribution in [2.45, 2.75) is 33.2 Å². The van der Waals surface area contributed by atoms with Gasteiger partial charge in [-0.05, 0) is 34.6 Å². The molecule has 0 fully saturated rings. The fourth-order valence-electron chi connectivity index (χ4n) is 3.99. The molecule has 1 heterocycles. The molecule has 0 atom stereocenters. The first-order valence-corrected chi connectivity index (χ1v) is 11.0. The van der Waals surface area contributed by atoms with Crippen LogP contribution < -0.4 is 9.47 Å². The predicted molar refractivity (Wildman–Crippen MR) is 129 cm³/mol. The molecule has 1 aromatic heterocycles. The number of nitrogens with zero attached hydrogens (tertiary/aromatic N) is 2. The highest BCUT2D eigenvalue weighted by atomic mass is 16.5. The van der Waals surface area contributed by atoms with Gasteiger partial charge in [0, 0.05) is 32.0 Å². The van der Waals surface area contributed by atoms with Crippen LogP contribution in [0, 0.1) is 12.8 Å². The van der Waals surface area contributed by atoms with Crippen LogP contribution in [0.15, 0.2) is 60.7 Å². The third kappa shape index (κ3) is 4.50. The summed E-state index contributed by atoms with van der Waals surface area (Å²) in [5, 5.41) is 0. The van der Waals surface area contributed by atoms with Gasteiger partial charge in [-0.25, -0.2) is 4.98 Å². The van der Waals surface area contributed by atoms with Crippen molar-refractivity contribution in [3.8, 4) is 22.6 Å². The number of methoxy groups -OCH3 is 2. The Labute approximate surface area is 190 Å². The van der Waals surface area contributed by atoms with E-state index in [4.69, 9.17) is 21.4 Å². The summed E-state index contributed by atoms with van der Waals surface area (Å²) in [5.41, 5.74) is 5.69. The summed E-state index contributed by atoms with van der Waals surface area (Å²) in [6, 6.07) is 20.1. The van der Waals surface area contributed by atoms with Gasteiger partial charge in [0.05, 0.1) is 25.3 Å². The van der Waals surface area contributed by atoms with Crippen LogP contribution in [0.1, 0.15) is 37.2 Å². The van der Waals surface area contributed by atoms with Gasteiger partial charge < -0.3 is 14.0 Å². The number of aryl methyl sites for hydroxylation is 1. The summed E-state index contributed by atoms with van der Waals surface area (Å²) >= 11 is 0. The number of imidazole rings is 1. The van der Waals surface area contributed by atoms with E-state index in [0.717, 1.165) is 47.4 Å². The number of hydrogen-bond acceptors (Lipinski definition) is 3. The van der Waals surface area contributed by atoms with Gasteiger partial charge in [0.25, 0.3) is 0 Å². The minimum absolute atomic E-state index is 0.540. The van der Waals surface area contributed by atoms with Crippen LogP contribution in [0.3, 0.4) is 0 Å². The lowest BCUT2D eigenvalue weighted by Gasteiger charge is -2.13. The Morgan fingerprint density at radius 1 is 0.938 bits per heavy atom. The molecule has 0 aliphatic carbocycles. The molecule has 0 saturated heterocycles. The van der Waals surface area contributed by atoms with Crippen LogP contribution in [0.5, 0.6) is 11.5 Å². The Morgan fingerprint density at radius 3 is 2.28 bits per heavy atom. The molecule has 0 spiro atoms. The van der Waals surface area contributed by atoms with Gasteiger partial charge in [-0.15, -0.1) is 0 Å². The molecule has 4 nitrogen and oxygen atoms in total. The Morgan fingerprint density at radius 2 is 1.62 bits per heavy atom. The minimum Gasteiger partial charge on any atom is -0.493 e. The number of benzene rings is 3. The van der Waals surface area contributed by atoms with Crippen LogP contribution >= 0.6 is 0 Å². The monoisotopic (exact) mass is 425 g/mol. The Hall–Kier alpha value is -3.27. The van der Waals surface area contributed by atoms with Crippen LogP contribution in [0.25, 0.3) is 22.2 Å². The highest BCUT2D eigenvalue weighted by Gasteiger charge is 2.16. The third-order valence-electron chi connectivity index (χ3n) is 5.81. The van der Waals surface area contributed by atoms with Gasteiger partial charge in [-0.2, -0.15) is 0 Å². The summed E-state index contributed by atoms with van der Waals surface area (Å²) in [6.45, 7) is 13.4. The highest BCUT2D eigenvalue weighted by molar-refractivity contribution is 5.81. The van der Waals surface area contributed by atoms with Crippen molar-refractivity contribution in [2.75, 3.05) is 14.2 Å². The summed E-state index contributed by atoms with van der Waals surface area (Å²) in [6.07, 6.45) is 2.00. The molecular weight excluding hydrogens is 396 g/mol.